The Labute approximate surface area is 509 Å². The number of unbranched alkanes of at least 4 members (excludes halogenated alkanes) is 2. The summed E-state index contributed by atoms with van der Waals surface area (Å²) >= 11 is 0. The van der Waals surface area contributed by atoms with Crippen molar-refractivity contribution in [1.82, 2.24) is 56.2 Å². The number of ether oxygens (including phenoxy) is 13. The average Bonchev–Trinajstić information content (AvgIpc) is 4.30. The van der Waals surface area contributed by atoms with Crippen LogP contribution < -0.4 is 21.3 Å². The first-order valence-electron chi connectivity index (χ1n) is 30.6. The Morgan fingerprint density at radius 3 is 0.988 bits per heavy atom. The molecule has 0 aromatic carbocycles. The van der Waals surface area contributed by atoms with Crippen LogP contribution >= 0.6 is 0 Å². The van der Waals surface area contributed by atoms with Gasteiger partial charge in [0.2, 0.25) is 23.6 Å². The molecule has 0 aliphatic carbocycles. The normalized spacial score (nSPS) is 11.5. The maximum Gasteiger partial charge on any atom is 0.410 e. The molecule has 0 radical (unpaired) electrons. The van der Waals surface area contributed by atoms with Crippen molar-refractivity contribution >= 4 is 29.7 Å². The molecule has 0 aliphatic rings. The number of hydrogen-bond acceptors (Lipinski definition) is 22. The van der Waals surface area contributed by atoms with Gasteiger partial charge < -0.3 is 87.7 Å². The van der Waals surface area contributed by atoms with E-state index >= 15 is 0 Å². The second-order valence-corrected chi connectivity index (χ2v) is 20.4. The Balaban J connectivity index is 1.31. The van der Waals surface area contributed by atoms with E-state index in [1.165, 1.54) is 0 Å². The van der Waals surface area contributed by atoms with Crippen LogP contribution in [0.25, 0.3) is 0 Å². The maximum atomic E-state index is 12.9. The summed E-state index contributed by atoms with van der Waals surface area (Å²) < 4.78 is 75.7. The van der Waals surface area contributed by atoms with Gasteiger partial charge in [-0.3, -0.25) is 19.2 Å². The first-order chi connectivity index (χ1) is 41.9. The lowest BCUT2D eigenvalue weighted by molar-refractivity contribution is -0.123. The SMILES string of the molecule is CCCCc1cn(CCOCCC(=O)NCCOCCNC(=O)CCOCCOCCOCCOCCN(CCOCCOCCOCCOCCC(=O)NCCOCCNC(=O)CCOCCn2cc(CCCC)nn2)C(=O)OC(C)(C)C)nn1. The zero-order valence-electron chi connectivity index (χ0n) is 52.3. The summed E-state index contributed by atoms with van der Waals surface area (Å²) in [4.78, 5) is 62.6. The molecule has 0 saturated carbocycles. The first kappa shape index (κ1) is 77.0. The molecule has 4 N–H and O–H groups in total. The van der Waals surface area contributed by atoms with Gasteiger partial charge in [-0.05, 0) is 46.5 Å². The molecule has 0 saturated heterocycles. The van der Waals surface area contributed by atoms with E-state index in [-0.39, 0.29) is 75.7 Å². The third-order valence-electron chi connectivity index (χ3n) is 11.7. The Bertz CT molecular complexity index is 1860. The number of hydrogen-bond donors (Lipinski definition) is 4. The maximum absolute atomic E-state index is 12.9. The van der Waals surface area contributed by atoms with Crippen LogP contribution in [0.2, 0.25) is 0 Å². The van der Waals surface area contributed by atoms with E-state index in [9.17, 15) is 24.0 Å². The van der Waals surface area contributed by atoms with Crippen LogP contribution in [0.1, 0.15) is 97.4 Å². The minimum absolute atomic E-state index is 0.117. The predicted molar refractivity (Wildman–Crippen MR) is 315 cm³/mol. The Morgan fingerprint density at radius 2 is 0.686 bits per heavy atom. The third-order valence-corrected chi connectivity index (χ3v) is 11.7. The van der Waals surface area contributed by atoms with Gasteiger partial charge in [-0.25, -0.2) is 14.2 Å². The molecule has 0 fully saturated rings. The van der Waals surface area contributed by atoms with Gasteiger partial charge in [0, 0.05) is 77.3 Å². The molecule has 29 heteroatoms. The predicted octanol–water partition coefficient (Wildman–Crippen LogP) is 1.72. The molecule has 2 heterocycles. The minimum Gasteiger partial charge on any atom is -0.444 e. The van der Waals surface area contributed by atoms with Crippen molar-refractivity contribution in [3.8, 4) is 0 Å². The third kappa shape index (κ3) is 48.0. The van der Waals surface area contributed by atoms with E-state index in [0.717, 1.165) is 49.9 Å². The van der Waals surface area contributed by atoms with Gasteiger partial charge in [0.15, 0.2) is 0 Å². The van der Waals surface area contributed by atoms with Gasteiger partial charge in [0.05, 0.1) is 183 Å². The molecule has 0 atom stereocenters. The molecular weight excluding hydrogens is 1130 g/mol. The van der Waals surface area contributed by atoms with E-state index < -0.39 is 11.7 Å². The van der Waals surface area contributed by atoms with Crippen molar-refractivity contribution in [1.29, 1.82) is 0 Å². The highest BCUT2D eigenvalue weighted by atomic mass is 16.6. The fourth-order valence-corrected chi connectivity index (χ4v) is 7.12. The number of carbonyl (C=O) groups is 5. The zero-order valence-corrected chi connectivity index (χ0v) is 52.3. The molecular formula is C57H105N11O18. The second kappa shape index (κ2) is 54.1. The van der Waals surface area contributed by atoms with Gasteiger partial charge in [0.25, 0.3) is 0 Å². The lowest BCUT2D eigenvalue weighted by Crippen LogP contribution is -2.40. The van der Waals surface area contributed by atoms with E-state index in [1.807, 2.05) is 33.2 Å². The number of amides is 5. The highest BCUT2D eigenvalue weighted by Crippen LogP contribution is 2.10. The largest absolute Gasteiger partial charge is 0.444 e. The smallest absolute Gasteiger partial charge is 0.410 e. The fraction of sp³-hybridized carbons (Fsp3) is 0.842. The quantitative estimate of drug-likeness (QED) is 0.0685. The molecule has 496 valence electrons. The molecule has 2 aromatic heterocycles. The van der Waals surface area contributed by atoms with Gasteiger partial charge in [0.1, 0.15) is 5.60 Å². The molecule has 5 amide bonds. The van der Waals surface area contributed by atoms with E-state index in [2.05, 4.69) is 55.7 Å². The molecule has 86 heavy (non-hydrogen) atoms. The van der Waals surface area contributed by atoms with Gasteiger partial charge in [-0.1, -0.05) is 37.1 Å². The van der Waals surface area contributed by atoms with Crippen molar-refractivity contribution in [2.45, 2.75) is 118 Å². The van der Waals surface area contributed by atoms with Crippen molar-refractivity contribution in [3.63, 3.8) is 0 Å². The molecule has 2 rings (SSSR count). The first-order valence-corrected chi connectivity index (χ1v) is 30.6. The standard InChI is InChI=1S/C57H105N11O18/c1-6-8-10-50-48-67(64-62-50)22-34-74-24-12-52(69)58-16-28-78-30-18-60-54(71)14-26-76-36-40-82-44-46-84-42-38-80-32-20-66(56(73)86-57(3,4)5)21-33-81-39-43-85-47-45-83-41-37-77-27-15-55(72)61-19-31-79-29-17-59-53(70)13-25-75-35-23-68-49-51(63-65-68)11-9-7-2/h48-49H,6-47H2,1-5H3,(H,58,69)(H,59,70)(H,60,71)(H,61,72). The Kier molecular flexibility index (Phi) is 48.5. The number of nitrogens with zero attached hydrogens (tertiary/aromatic N) is 7. The number of rotatable bonds is 60. The van der Waals surface area contributed by atoms with E-state index in [0.29, 0.717) is 184 Å². The van der Waals surface area contributed by atoms with Gasteiger partial charge >= 0.3 is 6.09 Å². The van der Waals surface area contributed by atoms with Crippen molar-refractivity contribution in [2.75, 3.05) is 198 Å². The van der Waals surface area contributed by atoms with Crippen LogP contribution in [-0.4, -0.2) is 268 Å². The van der Waals surface area contributed by atoms with Crippen molar-refractivity contribution in [3.05, 3.63) is 23.8 Å². The monoisotopic (exact) mass is 1230 g/mol. The summed E-state index contributed by atoms with van der Waals surface area (Å²) in [5.41, 5.74) is 1.30. The summed E-state index contributed by atoms with van der Waals surface area (Å²) in [6, 6.07) is 0. The molecule has 0 unspecified atom stereocenters. The molecule has 2 aromatic rings. The van der Waals surface area contributed by atoms with E-state index in [1.54, 1.807) is 14.3 Å². The topological polar surface area (TPSA) is 318 Å². The van der Waals surface area contributed by atoms with Gasteiger partial charge in [-0.15, -0.1) is 10.2 Å². The van der Waals surface area contributed by atoms with Crippen LogP contribution in [0, 0.1) is 0 Å². The van der Waals surface area contributed by atoms with Crippen molar-refractivity contribution < 1.29 is 85.6 Å². The lowest BCUT2D eigenvalue weighted by atomic mass is 10.2. The van der Waals surface area contributed by atoms with Gasteiger partial charge in [-0.2, -0.15) is 0 Å². The Hall–Kier alpha value is -5.05. The summed E-state index contributed by atoms with van der Waals surface area (Å²) in [5.74, 6) is -0.529. The average molecular weight is 1230 g/mol. The number of carbonyl (C=O) groups excluding carboxylic acids is 5. The Morgan fingerprint density at radius 1 is 0.407 bits per heavy atom. The summed E-state index contributed by atoms with van der Waals surface area (Å²) in [7, 11) is 0. The summed E-state index contributed by atoms with van der Waals surface area (Å²) in [6.07, 6.45) is 10.6. The zero-order chi connectivity index (χ0) is 62.2. The molecule has 0 bridgehead atoms. The molecule has 0 spiro atoms. The van der Waals surface area contributed by atoms with Crippen molar-refractivity contribution in [2.24, 2.45) is 0 Å². The minimum atomic E-state index is -0.660. The number of nitrogens with one attached hydrogen (secondary N) is 4. The number of aromatic nitrogens is 6. The van der Waals surface area contributed by atoms with Crippen LogP contribution in [0.4, 0.5) is 4.79 Å². The van der Waals surface area contributed by atoms with Crippen LogP contribution in [0.5, 0.6) is 0 Å². The summed E-state index contributed by atoms with van der Waals surface area (Å²) in [5, 5.41) is 27.6. The van der Waals surface area contributed by atoms with Crippen LogP contribution in [-0.2, 0) is 107 Å². The second-order valence-electron chi connectivity index (χ2n) is 20.4. The lowest BCUT2D eigenvalue weighted by Gasteiger charge is -2.27. The highest BCUT2D eigenvalue weighted by molar-refractivity contribution is 5.77. The van der Waals surface area contributed by atoms with Crippen LogP contribution in [0.3, 0.4) is 0 Å². The fourth-order valence-electron chi connectivity index (χ4n) is 7.12. The van der Waals surface area contributed by atoms with Crippen LogP contribution in [0.15, 0.2) is 12.4 Å². The van der Waals surface area contributed by atoms with E-state index in [4.69, 9.17) is 61.6 Å². The number of aryl methyl sites for hydroxylation is 2. The molecule has 29 nitrogen and oxygen atoms in total. The molecule has 0 aliphatic heterocycles. The highest BCUT2D eigenvalue weighted by Gasteiger charge is 2.22. The summed E-state index contributed by atoms with van der Waals surface area (Å²) in [6.45, 7) is 21.1.